The number of para-hydroxylation sites is 2. The summed E-state index contributed by atoms with van der Waals surface area (Å²) in [7, 11) is 0. The largest absolute Gasteiger partial charge is 0.318 e. The Morgan fingerprint density at radius 3 is 1.28 bits per heavy atom. The molecule has 1 saturated heterocycles. The first-order valence-corrected chi connectivity index (χ1v) is 12.6. The molecule has 1 fully saturated rings. The van der Waals surface area contributed by atoms with Crippen molar-refractivity contribution in [3.05, 3.63) is 107 Å². The topological polar surface area (TPSA) is 41.1 Å². The number of aryl methyl sites for hydroxylation is 2. The van der Waals surface area contributed by atoms with Gasteiger partial charge in [0.2, 0.25) is 0 Å². The van der Waals surface area contributed by atoms with Crippen molar-refractivity contribution in [2.45, 2.75) is 27.7 Å². The van der Waals surface area contributed by atoms with Crippen molar-refractivity contribution in [3.63, 3.8) is 0 Å². The average Bonchev–Trinajstić information content (AvgIpc) is 3.35. The molecule has 1 aliphatic rings. The van der Waals surface area contributed by atoms with Gasteiger partial charge in [-0.1, -0.05) is 36.4 Å². The molecule has 6 nitrogen and oxygen atoms in total. The van der Waals surface area contributed by atoms with Crippen LogP contribution in [-0.4, -0.2) is 57.8 Å². The molecule has 0 atom stereocenters. The first-order chi connectivity index (χ1) is 17.5. The third kappa shape index (κ3) is 4.85. The van der Waals surface area contributed by atoms with Gasteiger partial charge in [0.25, 0.3) is 0 Å². The van der Waals surface area contributed by atoms with Gasteiger partial charge in [0.05, 0.1) is 38.6 Å². The summed E-state index contributed by atoms with van der Waals surface area (Å²) >= 11 is 0. The number of rotatable bonds is 6. The van der Waals surface area contributed by atoms with Gasteiger partial charge in [0.15, 0.2) is 0 Å². The molecule has 184 valence electrons. The smallest absolute Gasteiger partial charge is 0.0561 e. The second kappa shape index (κ2) is 10.3. The van der Waals surface area contributed by atoms with Crippen LogP contribution in [0, 0.1) is 27.7 Å². The van der Waals surface area contributed by atoms with Crippen LogP contribution in [-0.2, 0) is 0 Å². The Bertz CT molecular complexity index is 1260. The Kier molecular flexibility index (Phi) is 6.76. The molecule has 0 amide bonds. The second-order valence-corrected chi connectivity index (χ2v) is 9.39. The van der Waals surface area contributed by atoms with Gasteiger partial charge in [-0.3, -0.25) is 10.0 Å². The lowest BCUT2D eigenvalue weighted by Crippen LogP contribution is -2.41. The normalized spacial score (nSPS) is 14.4. The lowest BCUT2D eigenvalue weighted by Gasteiger charge is -2.31. The van der Waals surface area contributed by atoms with Gasteiger partial charge in [-0.2, -0.15) is 10.2 Å². The maximum absolute atomic E-state index is 4.79. The number of nitrogens with zero attached hydrogens (tertiary/aromatic N) is 6. The molecular formula is C30H34N6. The zero-order chi connectivity index (χ0) is 25.1. The van der Waals surface area contributed by atoms with E-state index in [1.165, 1.54) is 34.2 Å². The fourth-order valence-electron chi connectivity index (χ4n) is 4.99. The van der Waals surface area contributed by atoms with Crippen molar-refractivity contribution in [1.29, 1.82) is 0 Å². The minimum absolute atomic E-state index is 0.855. The molecule has 0 aliphatic carbocycles. The van der Waals surface area contributed by atoms with E-state index in [1.807, 2.05) is 24.6 Å². The van der Waals surface area contributed by atoms with Gasteiger partial charge in [0, 0.05) is 45.3 Å². The number of aromatic nitrogens is 2. The Morgan fingerprint density at radius 2 is 0.917 bits per heavy atom. The number of hydrazone groups is 2. The van der Waals surface area contributed by atoms with E-state index in [0.717, 1.165) is 37.3 Å². The van der Waals surface area contributed by atoms with E-state index in [1.54, 1.807) is 0 Å². The fourth-order valence-corrected chi connectivity index (χ4v) is 4.99. The van der Waals surface area contributed by atoms with E-state index < -0.39 is 0 Å². The van der Waals surface area contributed by atoms with Crippen molar-refractivity contribution in [3.8, 4) is 11.4 Å². The molecule has 1 aliphatic heterocycles. The van der Waals surface area contributed by atoms with Crippen LogP contribution in [0.2, 0.25) is 0 Å². The summed E-state index contributed by atoms with van der Waals surface area (Å²) in [6.45, 7) is 12.0. The van der Waals surface area contributed by atoms with E-state index >= 15 is 0 Å². The SMILES string of the molecule is Cc1cc(/C=N\N2CCN(/N=C/c3cc(C)n(-c4ccccc4)c3C)CC2)c(C)n1-c1ccccc1. The summed E-state index contributed by atoms with van der Waals surface area (Å²) in [6, 6.07) is 25.4. The number of hydrogen-bond donors (Lipinski definition) is 0. The van der Waals surface area contributed by atoms with E-state index in [9.17, 15) is 0 Å². The Labute approximate surface area is 213 Å². The summed E-state index contributed by atoms with van der Waals surface area (Å²) < 4.78 is 4.56. The van der Waals surface area contributed by atoms with Gasteiger partial charge in [0.1, 0.15) is 0 Å². The van der Waals surface area contributed by atoms with Crippen molar-refractivity contribution >= 4 is 12.4 Å². The van der Waals surface area contributed by atoms with Crippen molar-refractivity contribution in [1.82, 2.24) is 19.2 Å². The molecule has 3 heterocycles. The summed E-state index contributed by atoms with van der Waals surface area (Å²) in [5.41, 5.74) is 9.52. The zero-order valence-corrected chi connectivity index (χ0v) is 21.6. The number of piperazine rings is 1. The maximum Gasteiger partial charge on any atom is 0.0561 e. The Morgan fingerprint density at radius 1 is 0.556 bits per heavy atom. The van der Waals surface area contributed by atoms with Crippen molar-refractivity contribution in [2.24, 2.45) is 10.2 Å². The molecule has 0 bridgehead atoms. The molecule has 2 aromatic heterocycles. The lowest BCUT2D eigenvalue weighted by atomic mass is 10.2. The Balaban J connectivity index is 1.21. The van der Waals surface area contributed by atoms with Crippen LogP contribution in [0.5, 0.6) is 0 Å². The van der Waals surface area contributed by atoms with Crippen LogP contribution in [0.25, 0.3) is 11.4 Å². The summed E-state index contributed by atoms with van der Waals surface area (Å²) in [5, 5.41) is 13.9. The quantitative estimate of drug-likeness (QED) is 0.344. The third-order valence-corrected chi connectivity index (χ3v) is 6.92. The molecule has 0 unspecified atom stereocenters. The fraction of sp³-hybridized carbons (Fsp3) is 0.267. The summed E-state index contributed by atoms with van der Waals surface area (Å²) in [5.74, 6) is 0. The minimum atomic E-state index is 0.855. The van der Waals surface area contributed by atoms with Crippen LogP contribution in [0.1, 0.15) is 33.9 Å². The first kappa shape index (κ1) is 23.7. The highest BCUT2D eigenvalue weighted by Crippen LogP contribution is 2.21. The van der Waals surface area contributed by atoms with Crippen LogP contribution in [0.15, 0.2) is 83.0 Å². The molecule has 5 rings (SSSR count). The molecule has 2 aromatic carbocycles. The first-order valence-electron chi connectivity index (χ1n) is 12.6. The van der Waals surface area contributed by atoms with Crippen LogP contribution < -0.4 is 0 Å². The molecule has 4 aromatic rings. The molecule has 0 saturated carbocycles. The standard InChI is InChI=1S/C30H34N6/c1-23-19-27(25(3)35(23)29-11-7-5-8-12-29)21-31-33-15-17-34(18-16-33)32-22-28-20-24(2)36(26(28)4)30-13-9-6-10-14-30/h5-14,19-22H,15-18H2,1-4H3/b31-21-,32-22+. The van der Waals surface area contributed by atoms with Gasteiger partial charge in [-0.05, 0) is 64.1 Å². The molecule has 6 heteroatoms. The zero-order valence-electron chi connectivity index (χ0n) is 21.6. The molecule has 0 radical (unpaired) electrons. The highest BCUT2D eigenvalue weighted by Gasteiger charge is 2.15. The molecular weight excluding hydrogens is 444 g/mol. The highest BCUT2D eigenvalue weighted by atomic mass is 15.5. The van der Waals surface area contributed by atoms with E-state index in [-0.39, 0.29) is 0 Å². The minimum Gasteiger partial charge on any atom is -0.318 e. The average molecular weight is 479 g/mol. The predicted molar refractivity (Wildman–Crippen MR) is 149 cm³/mol. The monoisotopic (exact) mass is 478 g/mol. The van der Waals surface area contributed by atoms with Gasteiger partial charge >= 0.3 is 0 Å². The highest BCUT2D eigenvalue weighted by molar-refractivity contribution is 5.82. The second-order valence-electron chi connectivity index (χ2n) is 9.39. The third-order valence-electron chi connectivity index (χ3n) is 6.92. The number of hydrogen-bond acceptors (Lipinski definition) is 4. The predicted octanol–water partition coefficient (Wildman–Crippen LogP) is 5.49. The molecule has 0 spiro atoms. The van der Waals surface area contributed by atoms with Crippen LogP contribution in [0.3, 0.4) is 0 Å². The maximum atomic E-state index is 4.79. The van der Waals surface area contributed by atoms with Crippen LogP contribution in [0.4, 0.5) is 0 Å². The van der Waals surface area contributed by atoms with Crippen molar-refractivity contribution in [2.75, 3.05) is 26.2 Å². The summed E-state index contributed by atoms with van der Waals surface area (Å²) in [4.78, 5) is 0. The molecule has 36 heavy (non-hydrogen) atoms. The van der Waals surface area contributed by atoms with Gasteiger partial charge < -0.3 is 9.13 Å². The van der Waals surface area contributed by atoms with Gasteiger partial charge in [-0.15, -0.1) is 0 Å². The molecule has 0 N–H and O–H groups in total. The van der Waals surface area contributed by atoms with E-state index in [0.29, 0.717) is 0 Å². The van der Waals surface area contributed by atoms with Crippen molar-refractivity contribution < 1.29 is 0 Å². The van der Waals surface area contributed by atoms with Crippen LogP contribution >= 0.6 is 0 Å². The van der Waals surface area contributed by atoms with E-state index in [4.69, 9.17) is 10.2 Å². The van der Waals surface area contributed by atoms with Gasteiger partial charge in [-0.25, -0.2) is 0 Å². The van der Waals surface area contributed by atoms with E-state index in [2.05, 4.69) is 108 Å². The summed E-state index contributed by atoms with van der Waals surface area (Å²) in [6.07, 6.45) is 4.00. The Hall–Kier alpha value is -4.06. The lowest BCUT2D eigenvalue weighted by molar-refractivity contribution is 0.141. The number of benzene rings is 2.